The minimum Gasteiger partial charge on any atom is -0.369 e. The highest BCUT2D eigenvalue weighted by Gasteiger charge is 2.32. The van der Waals surface area contributed by atoms with Gasteiger partial charge in [0.15, 0.2) is 0 Å². The number of hydrogen-bond acceptors (Lipinski definition) is 2. The molecule has 1 saturated carbocycles. The summed E-state index contributed by atoms with van der Waals surface area (Å²) in [6.07, 6.45) is 2.50. The van der Waals surface area contributed by atoms with Crippen LogP contribution in [-0.4, -0.2) is 9.55 Å². The summed E-state index contributed by atoms with van der Waals surface area (Å²) in [6, 6.07) is 6.89. The molecule has 2 N–H and O–H groups in total. The maximum atomic E-state index is 6.14. The maximum absolute atomic E-state index is 6.14. The molecule has 1 fully saturated rings. The monoisotopic (exact) mass is 355 g/mol. The van der Waals surface area contributed by atoms with Gasteiger partial charge in [-0.2, -0.15) is 0 Å². The van der Waals surface area contributed by atoms with Gasteiger partial charge in [-0.25, -0.2) is 4.98 Å². The van der Waals surface area contributed by atoms with E-state index < -0.39 is 0 Å². The van der Waals surface area contributed by atoms with E-state index in [1.807, 2.05) is 0 Å². The van der Waals surface area contributed by atoms with Crippen LogP contribution < -0.4 is 5.73 Å². The molecule has 0 bridgehead atoms. The predicted molar refractivity (Wildman–Crippen MR) is 83.5 cm³/mol. The first-order valence-corrected chi connectivity index (χ1v) is 7.58. The fourth-order valence-corrected chi connectivity index (χ4v) is 3.62. The van der Waals surface area contributed by atoms with Crippen LogP contribution in [0, 0.1) is 15.4 Å². The summed E-state index contributed by atoms with van der Waals surface area (Å²) < 4.78 is 3.46. The second-order valence-corrected chi connectivity index (χ2v) is 6.70. The summed E-state index contributed by atoms with van der Waals surface area (Å²) in [5, 5.41) is 0. The number of anilines is 1. The molecule has 3 atom stereocenters. The lowest BCUT2D eigenvalue weighted by Gasteiger charge is -2.21. The number of benzene rings is 1. The van der Waals surface area contributed by atoms with Crippen molar-refractivity contribution in [1.82, 2.24) is 9.55 Å². The van der Waals surface area contributed by atoms with Gasteiger partial charge in [0.1, 0.15) is 0 Å². The molecule has 0 amide bonds. The molecular weight excluding hydrogens is 337 g/mol. The van der Waals surface area contributed by atoms with E-state index in [4.69, 9.17) is 5.73 Å². The normalized spacial score (nSPS) is 28.1. The van der Waals surface area contributed by atoms with E-state index >= 15 is 0 Å². The van der Waals surface area contributed by atoms with Crippen molar-refractivity contribution in [2.24, 2.45) is 11.8 Å². The van der Waals surface area contributed by atoms with Crippen LogP contribution in [0.2, 0.25) is 0 Å². The Kier molecular flexibility index (Phi) is 3.00. The Hall–Kier alpha value is -0.780. The molecule has 1 aromatic carbocycles. The summed E-state index contributed by atoms with van der Waals surface area (Å²) in [6.45, 7) is 4.67. The van der Waals surface area contributed by atoms with Gasteiger partial charge in [0.05, 0.1) is 11.0 Å². The predicted octanol–water partition coefficient (Wildman–Crippen LogP) is 3.83. The highest BCUT2D eigenvalue weighted by Crippen LogP contribution is 2.42. The molecule has 1 aliphatic carbocycles. The molecule has 2 aromatic rings. The highest BCUT2D eigenvalue weighted by atomic mass is 127. The zero-order valence-electron chi connectivity index (χ0n) is 10.7. The lowest BCUT2D eigenvalue weighted by Crippen LogP contribution is -2.16. The van der Waals surface area contributed by atoms with Crippen molar-refractivity contribution in [3.63, 3.8) is 0 Å². The third kappa shape index (κ3) is 1.81. The van der Waals surface area contributed by atoms with E-state index in [0.29, 0.717) is 17.9 Å². The van der Waals surface area contributed by atoms with Gasteiger partial charge in [-0.3, -0.25) is 0 Å². The van der Waals surface area contributed by atoms with Crippen LogP contribution in [0.5, 0.6) is 0 Å². The molecule has 4 heteroatoms. The molecule has 18 heavy (non-hydrogen) atoms. The van der Waals surface area contributed by atoms with Crippen molar-refractivity contribution in [2.45, 2.75) is 32.7 Å². The molecule has 0 spiro atoms. The second kappa shape index (κ2) is 4.40. The minimum atomic E-state index is 0.505. The van der Waals surface area contributed by atoms with Crippen LogP contribution in [0.4, 0.5) is 5.95 Å². The van der Waals surface area contributed by atoms with Crippen molar-refractivity contribution in [3.05, 3.63) is 21.8 Å². The van der Waals surface area contributed by atoms with Gasteiger partial charge in [0, 0.05) is 9.61 Å². The van der Waals surface area contributed by atoms with Crippen LogP contribution >= 0.6 is 22.6 Å². The lowest BCUT2D eigenvalue weighted by molar-refractivity contribution is 0.361. The first-order chi connectivity index (χ1) is 8.58. The zero-order valence-corrected chi connectivity index (χ0v) is 12.9. The SMILES string of the molecule is CC1CCC(n2c(N)nc3cc(I)ccc32)C1C. The molecule has 1 aliphatic rings. The average Bonchev–Trinajstić information content (AvgIpc) is 2.80. The Balaban J connectivity index is 2.14. The highest BCUT2D eigenvalue weighted by molar-refractivity contribution is 14.1. The van der Waals surface area contributed by atoms with Gasteiger partial charge < -0.3 is 10.3 Å². The van der Waals surface area contributed by atoms with E-state index in [9.17, 15) is 0 Å². The molecule has 0 aliphatic heterocycles. The van der Waals surface area contributed by atoms with E-state index in [0.717, 1.165) is 11.4 Å². The molecule has 3 unspecified atom stereocenters. The summed E-state index contributed by atoms with van der Waals surface area (Å²) in [5.74, 6) is 2.11. The number of hydrogen-bond donors (Lipinski definition) is 1. The quantitative estimate of drug-likeness (QED) is 0.791. The van der Waals surface area contributed by atoms with Crippen molar-refractivity contribution < 1.29 is 0 Å². The number of nitrogens with two attached hydrogens (primary N) is 1. The molecule has 3 nitrogen and oxygen atoms in total. The van der Waals surface area contributed by atoms with Crippen molar-refractivity contribution in [1.29, 1.82) is 0 Å². The number of nitrogen functional groups attached to an aromatic ring is 1. The van der Waals surface area contributed by atoms with Gasteiger partial charge in [-0.1, -0.05) is 13.8 Å². The van der Waals surface area contributed by atoms with Crippen molar-refractivity contribution in [2.75, 3.05) is 5.73 Å². The fourth-order valence-electron chi connectivity index (χ4n) is 3.14. The molecule has 96 valence electrons. The standard InChI is InChI=1S/C14H18IN3/c1-8-3-5-12(9(8)2)18-13-6-4-10(15)7-11(13)17-14(18)16/h4,6-9,12H,3,5H2,1-2H3,(H2,16,17). The molecular formula is C14H18IN3. The average molecular weight is 355 g/mol. The van der Waals surface area contributed by atoms with Gasteiger partial charge in [0.2, 0.25) is 5.95 Å². The number of imidazole rings is 1. The third-order valence-electron chi connectivity index (χ3n) is 4.43. The second-order valence-electron chi connectivity index (χ2n) is 5.45. The van der Waals surface area contributed by atoms with Crippen LogP contribution in [0.1, 0.15) is 32.7 Å². The van der Waals surface area contributed by atoms with Gasteiger partial charge in [0.25, 0.3) is 0 Å². The number of halogens is 1. The largest absolute Gasteiger partial charge is 0.369 e. The Morgan fingerprint density at radius 1 is 1.33 bits per heavy atom. The van der Waals surface area contributed by atoms with Crippen LogP contribution in [0.3, 0.4) is 0 Å². The van der Waals surface area contributed by atoms with Gasteiger partial charge in [-0.15, -0.1) is 0 Å². The maximum Gasteiger partial charge on any atom is 0.201 e. The molecule has 0 saturated heterocycles. The Labute approximate surface area is 121 Å². The van der Waals surface area contributed by atoms with Gasteiger partial charge in [-0.05, 0) is 65.5 Å². The van der Waals surface area contributed by atoms with E-state index in [1.165, 1.54) is 21.9 Å². The Morgan fingerprint density at radius 3 is 2.78 bits per heavy atom. The summed E-state index contributed by atoms with van der Waals surface area (Å²) in [4.78, 5) is 4.51. The number of aromatic nitrogens is 2. The molecule has 0 radical (unpaired) electrons. The third-order valence-corrected chi connectivity index (χ3v) is 5.10. The molecule has 1 heterocycles. The van der Waals surface area contributed by atoms with Crippen molar-refractivity contribution >= 4 is 39.6 Å². The smallest absolute Gasteiger partial charge is 0.201 e. The number of fused-ring (bicyclic) bond motifs is 1. The van der Waals surface area contributed by atoms with E-state index in [2.05, 4.69) is 64.2 Å². The first-order valence-electron chi connectivity index (χ1n) is 6.51. The first kappa shape index (κ1) is 12.3. The number of nitrogens with zero attached hydrogens (tertiary/aromatic N) is 2. The van der Waals surface area contributed by atoms with Crippen molar-refractivity contribution in [3.8, 4) is 0 Å². The lowest BCUT2D eigenvalue weighted by atomic mass is 9.97. The zero-order chi connectivity index (χ0) is 12.9. The number of rotatable bonds is 1. The Morgan fingerprint density at radius 2 is 2.11 bits per heavy atom. The fraction of sp³-hybridized carbons (Fsp3) is 0.500. The van der Waals surface area contributed by atoms with Crippen LogP contribution in [0.25, 0.3) is 11.0 Å². The molecule has 1 aromatic heterocycles. The van der Waals surface area contributed by atoms with Crippen LogP contribution in [-0.2, 0) is 0 Å². The van der Waals surface area contributed by atoms with E-state index in [1.54, 1.807) is 0 Å². The summed E-state index contributed by atoms with van der Waals surface area (Å²) in [7, 11) is 0. The summed E-state index contributed by atoms with van der Waals surface area (Å²) >= 11 is 2.31. The topological polar surface area (TPSA) is 43.8 Å². The van der Waals surface area contributed by atoms with Gasteiger partial charge >= 0.3 is 0 Å². The Bertz CT molecular complexity index is 590. The van der Waals surface area contributed by atoms with Crippen LogP contribution in [0.15, 0.2) is 18.2 Å². The molecule has 3 rings (SSSR count). The summed E-state index contributed by atoms with van der Waals surface area (Å²) in [5.41, 5.74) is 8.34. The minimum absolute atomic E-state index is 0.505. The van der Waals surface area contributed by atoms with E-state index in [-0.39, 0.29) is 0 Å².